The Kier molecular flexibility index (Phi) is 8.98. The molecule has 0 aromatic heterocycles. The molecule has 0 aliphatic carbocycles. The van der Waals surface area contributed by atoms with Crippen LogP contribution >= 0.6 is 0 Å². The molecule has 0 aliphatic heterocycles. The van der Waals surface area contributed by atoms with Gasteiger partial charge in [-0.15, -0.1) is 0 Å². The van der Waals surface area contributed by atoms with Gasteiger partial charge in [-0.05, 0) is 5.56 Å². The average Bonchev–Trinajstić information content (AvgIpc) is 2.41. The van der Waals surface area contributed by atoms with Gasteiger partial charge in [0.05, 0.1) is 0 Å². The van der Waals surface area contributed by atoms with Crippen LogP contribution in [0.15, 0.2) is 48.5 Å². The molecular weight excluding hydrogens is 305 g/mol. The van der Waals surface area contributed by atoms with E-state index in [9.17, 15) is 9.59 Å². The van der Waals surface area contributed by atoms with Crippen LogP contribution in [0.1, 0.15) is 20.7 Å². The van der Waals surface area contributed by atoms with Crippen molar-refractivity contribution in [2.45, 2.75) is 0 Å². The molecule has 0 bridgehead atoms. The quantitative estimate of drug-likeness (QED) is 0.684. The molecule has 89 valence electrons. The van der Waals surface area contributed by atoms with Crippen LogP contribution < -0.4 is 0 Å². The van der Waals surface area contributed by atoms with Crippen molar-refractivity contribution in [1.82, 2.24) is 0 Å². The molecule has 0 spiro atoms. The first kappa shape index (κ1) is 16.7. The summed E-state index contributed by atoms with van der Waals surface area (Å²) in [6.45, 7) is 0. The van der Waals surface area contributed by atoms with Crippen molar-refractivity contribution in [2.75, 3.05) is 0 Å². The van der Waals surface area contributed by atoms with Gasteiger partial charge in [0, 0.05) is 32.7 Å². The van der Waals surface area contributed by atoms with Gasteiger partial charge in [0.25, 0.3) is 0 Å². The number of carboxylic acids is 1. The fourth-order valence-corrected chi connectivity index (χ4v) is 1.01. The summed E-state index contributed by atoms with van der Waals surface area (Å²) in [6, 6.07) is 18.5. The summed E-state index contributed by atoms with van der Waals surface area (Å²) in [5, 5.41) is 8.37. The second-order valence-corrected chi connectivity index (χ2v) is 3.05. The molecule has 1 radical (unpaired) electrons. The smallest absolute Gasteiger partial charge is 0.311 e. The van der Waals surface area contributed by atoms with Crippen LogP contribution in [0.5, 0.6) is 0 Å². The molecule has 0 unspecified atom stereocenters. The SMILES string of the molecule is O=C(O)c1cc[c-]cc1.O=Cc1cc[c-]cc1.[Y]. The first-order valence-electron chi connectivity index (χ1n) is 4.84. The molecule has 1 N–H and O–H groups in total. The number of carbonyl (C=O) groups excluding carboxylic acids is 1. The van der Waals surface area contributed by atoms with Crippen molar-refractivity contribution in [3.8, 4) is 0 Å². The number of hydrogen-bond donors (Lipinski definition) is 1. The third-order valence-electron chi connectivity index (χ3n) is 1.85. The van der Waals surface area contributed by atoms with E-state index in [1.165, 1.54) is 12.1 Å². The second kappa shape index (κ2) is 9.69. The zero-order valence-electron chi connectivity index (χ0n) is 9.54. The summed E-state index contributed by atoms with van der Waals surface area (Å²) in [7, 11) is 0. The largest absolute Gasteiger partial charge is 0.479 e. The van der Waals surface area contributed by atoms with Crippen LogP contribution in [-0.2, 0) is 32.7 Å². The standard InChI is InChI=1S/C7H5O2.C7H5O.Y/c8-7(9)6-4-2-1-3-5-6;8-6-7-4-2-1-3-5-7;/h2-5H,(H,8,9);2-6H;/q2*-1;. The molecule has 18 heavy (non-hydrogen) atoms. The van der Waals surface area contributed by atoms with E-state index in [1.807, 2.05) is 0 Å². The Bertz CT molecular complexity index is 469. The molecule has 2 aromatic carbocycles. The molecule has 4 heteroatoms. The third-order valence-corrected chi connectivity index (χ3v) is 1.85. The Morgan fingerprint density at radius 2 is 1.44 bits per heavy atom. The van der Waals surface area contributed by atoms with E-state index in [2.05, 4.69) is 12.1 Å². The molecule has 3 nitrogen and oxygen atoms in total. The van der Waals surface area contributed by atoms with Gasteiger partial charge in [0.1, 0.15) is 6.29 Å². The van der Waals surface area contributed by atoms with Gasteiger partial charge < -0.3 is 9.90 Å². The van der Waals surface area contributed by atoms with Gasteiger partial charge in [0.2, 0.25) is 0 Å². The van der Waals surface area contributed by atoms with Crippen LogP contribution in [0.2, 0.25) is 0 Å². The molecule has 2 aromatic rings. The number of carboxylic acid groups (broad SMARTS) is 1. The Balaban J connectivity index is 0.000000306. The molecule has 0 saturated heterocycles. The van der Waals surface area contributed by atoms with Crippen LogP contribution in [0.4, 0.5) is 0 Å². The second-order valence-electron chi connectivity index (χ2n) is 3.05. The average molecular weight is 315 g/mol. The van der Waals surface area contributed by atoms with Gasteiger partial charge >= 0.3 is 5.97 Å². The number of aldehydes is 1. The molecule has 0 aliphatic rings. The summed E-state index contributed by atoms with van der Waals surface area (Å²) >= 11 is 0. The zero-order valence-corrected chi connectivity index (χ0v) is 12.4. The van der Waals surface area contributed by atoms with Gasteiger partial charge in [-0.3, -0.25) is 0 Å². The van der Waals surface area contributed by atoms with E-state index in [1.54, 1.807) is 36.4 Å². The van der Waals surface area contributed by atoms with Crippen LogP contribution in [0.25, 0.3) is 0 Å². The van der Waals surface area contributed by atoms with E-state index in [4.69, 9.17) is 5.11 Å². The molecule has 0 amide bonds. The van der Waals surface area contributed by atoms with Crippen molar-refractivity contribution >= 4 is 12.3 Å². The van der Waals surface area contributed by atoms with Crippen molar-refractivity contribution in [1.29, 1.82) is 0 Å². The predicted octanol–water partition coefficient (Wildman–Crippen LogP) is 2.48. The Labute approximate surface area is 131 Å². The number of carbonyl (C=O) groups is 2. The van der Waals surface area contributed by atoms with E-state index in [0.29, 0.717) is 11.1 Å². The first-order valence-corrected chi connectivity index (χ1v) is 4.84. The molecule has 0 atom stereocenters. The number of hydrogen-bond acceptors (Lipinski definition) is 2. The van der Waals surface area contributed by atoms with Crippen molar-refractivity contribution in [3.05, 3.63) is 71.8 Å². The molecule has 0 fully saturated rings. The number of benzene rings is 2. The van der Waals surface area contributed by atoms with Crippen molar-refractivity contribution < 1.29 is 47.4 Å². The minimum atomic E-state index is -0.899. The molecule has 0 heterocycles. The maximum absolute atomic E-state index is 10.2. The number of aromatic carboxylic acids is 1. The number of rotatable bonds is 2. The monoisotopic (exact) mass is 315 g/mol. The normalized spacial score (nSPS) is 8.22. The summed E-state index contributed by atoms with van der Waals surface area (Å²) in [5.74, 6) is -0.899. The molecular formula is C14H10O3Y-2. The summed E-state index contributed by atoms with van der Waals surface area (Å²) < 4.78 is 0. The Morgan fingerprint density at radius 3 is 1.72 bits per heavy atom. The third kappa shape index (κ3) is 6.43. The maximum Gasteiger partial charge on any atom is 0.311 e. The topological polar surface area (TPSA) is 54.4 Å². The fourth-order valence-electron chi connectivity index (χ4n) is 1.01. The van der Waals surface area contributed by atoms with Gasteiger partial charge in [-0.25, -0.2) is 4.79 Å². The van der Waals surface area contributed by atoms with Crippen LogP contribution in [0, 0.1) is 12.1 Å². The minimum absolute atomic E-state index is 0. The van der Waals surface area contributed by atoms with E-state index < -0.39 is 5.97 Å². The zero-order chi connectivity index (χ0) is 12.5. The summed E-state index contributed by atoms with van der Waals surface area (Å²) in [4.78, 5) is 20.2. The summed E-state index contributed by atoms with van der Waals surface area (Å²) in [5.41, 5.74) is 0.998. The van der Waals surface area contributed by atoms with E-state index >= 15 is 0 Å². The minimum Gasteiger partial charge on any atom is -0.479 e. The van der Waals surface area contributed by atoms with Gasteiger partial charge in [0.15, 0.2) is 0 Å². The maximum atomic E-state index is 10.2. The molecule has 0 saturated carbocycles. The summed E-state index contributed by atoms with van der Waals surface area (Å²) in [6.07, 6.45) is 0.813. The van der Waals surface area contributed by atoms with Crippen LogP contribution in [-0.4, -0.2) is 17.4 Å². The van der Waals surface area contributed by atoms with Gasteiger partial charge in [-0.2, -0.15) is 60.7 Å². The fraction of sp³-hybridized carbons (Fsp3) is 0. The molecule has 2 rings (SSSR count). The van der Waals surface area contributed by atoms with Gasteiger partial charge in [-0.1, -0.05) is 5.56 Å². The van der Waals surface area contributed by atoms with Crippen molar-refractivity contribution in [2.24, 2.45) is 0 Å². The predicted molar refractivity (Wildman–Crippen MR) is 62.9 cm³/mol. The Morgan fingerprint density at radius 1 is 1.00 bits per heavy atom. The van der Waals surface area contributed by atoms with Crippen molar-refractivity contribution in [3.63, 3.8) is 0 Å². The van der Waals surface area contributed by atoms with E-state index in [-0.39, 0.29) is 32.7 Å². The van der Waals surface area contributed by atoms with Crippen LogP contribution in [0.3, 0.4) is 0 Å². The first-order chi connectivity index (χ1) is 8.24. The Hall–Kier alpha value is -1.32. The van der Waals surface area contributed by atoms with E-state index in [0.717, 1.165) is 6.29 Å².